The Morgan fingerprint density at radius 3 is 2.39 bits per heavy atom. The van der Waals surface area contributed by atoms with Gasteiger partial charge < -0.3 is 21.1 Å². The molecule has 0 radical (unpaired) electrons. The zero-order chi connectivity index (χ0) is 22.5. The number of amides is 1. The molecule has 2 aromatic heterocycles. The molecule has 0 unspecified atom stereocenters. The van der Waals surface area contributed by atoms with Gasteiger partial charge in [-0.1, -0.05) is 23.7 Å². The topological polar surface area (TPSA) is 150 Å². The van der Waals surface area contributed by atoms with Crippen molar-refractivity contribution in [2.24, 2.45) is 5.73 Å². The molecule has 0 aliphatic heterocycles. The van der Waals surface area contributed by atoms with Gasteiger partial charge in [-0.3, -0.25) is 9.89 Å². The molecule has 0 fully saturated rings. The first kappa shape index (κ1) is 27.8. The highest BCUT2D eigenvalue weighted by Gasteiger charge is 2.17. The molecule has 1 amide bonds. The normalized spacial score (nSPS) is 9.82. The van der Waals surface area contributed by atoms with Crippen molar-refractivity contribution < 1.29 is 23.5 Å². The molecule has 6 N–H and O–H groups in total. The van der Waals surface area contributed by atoms with Crippen LogP contribution in [0.25, 0.3) is 11.0 Å². The molecule has 0 bridgehead atoms. The summed E-state index contributed by atoms with van der Waals surface area (Å²) in [4.78, 5) is 29.8. The minimum Gasteiger partial charge on any atom is -0.477 e. The standard InChI is InChI=1S/C11H6ClF2N3O3.C8H9N3.2ClH/c12-5-2-7(14)6(13)1-4(5)10(18)15-9-3-8(11(19)20)16-17-9;9-5-8-10-6-3-1-2-4-7(6)11-8;;/h1-3H,(H,19,20)(H2,15,16,17,18);1-4H,5,9H2,(H,10,11);2*1H. The number of aromatic carboxylic acids is 1. The Hall–Kier alpha value is -3.25. The Kier molecular flexibility index (Phi) is 10.2. The number of carbonyl (C=O) groups is 2. The summed E-state index contributed by atoms with van der Waals surface area (Å²) in [5.74, 6) is -3.77. The maximum atomic E-state index is 13.1. The largest absolute Gasteiger partial charge is 0.477 e. The first-order chi connectivity index (χ1) is 14.8. The third-order valence-corrected chi connectivity index (χ3v) is 4.25. The van der Waals surface area contributed by atoms with Crippen LogP contribution in [0, 0.1) is 11.6 Å². The van der Waals surface area contributed by atoms with E-state index in [1.807, 2.05) is 24.3 Å². The Morgan fingerprint density at radius 1 is 1.12 bits per heavy atom. The quantitative estimate of drug-likeness (QED) is 0.255. The van der Waals surface area contributed by atoms with Crippen LogP contribution in [0.1, 0.15) is 26.7 Å². The van der Waals surface area contributed by atoms with Gasteiger partial charge in [0.2, 0.25) is 0 Å². The predicted octanol–water partition coefficient (Wildman–Crippen LogP) is 4.16. The van der Waals surface area contributed by atoms with Crippen molar-refractivity contribution in [3.05, 3.63) is 76.2 Å². The Labute approximate surface area is 202 Å². The monoisotopic (exact) mass is 520 g/mol. The number of halogens is 5. The molecular weight excluding hydrogens is 505 g/mol. The van der Waals surface area contributed by atoms with Crippen LogP contribution in [-0.2, 0) is 6.54 Å². The van der Waals surface area contributed by atoms with Crippen LogP contribution in [-0.4, -0.2) is 37.1 Å². The third-order valence-electron chi connectivity index (χ3n) is 3.94. The number of hydrogen-bond acceptors (Lipinski definition) is 5. The molecule has 14 heteroatoms. The van der Waals surface area contributed by atoms with Gasteiger partial charge in [-0.25, -0.2) is 18.6 Å². The summed E-state index contributed by atoms with van der Waals surface area (Å²) in [5, 5.41) is 16.3. The Bertz CT molecular complexity index is 1230. The molecule has 0 aliphatic carbocycles. The lowest BCUT2D eigenvalue weighted by atomic mass is 10.2. The van der Waals surface area contributed by atoms with Crippen molar-refractivity contribution in [1.82, 2.24) is 20.2 Å². The lowest BCUT2D eigenvalue weighted by Crippen LogP contribution is -2.13. The number of para-hydroxylation sites is 2. The summed E-state index contributed by atoms with van der Waals surface area (Å²) in [6.45, 7) is 0.467. The number of H-pyrrole nitrogens is 2. The van der Waals surface area contributed by atoms with Gasteiger partial charge in [0.15, 0.2) is 17.5 Å². The highest BCUT2D eigenvalue weighted by atomic mass is 35.5. The maximum Gasteiger partial charge on any atom is 0.353 e. The van der Waals surface area contributed by atoms with Crippen LogP contribution in [0.3, 0.4) is 0 Å². The molecule has 176 valence electrons. The summed E-state index contributed by atoms with van der Waals surface area (Å²) < 4.78 is 25.9. The highest BCUT2D eigenvalue weighted by Crippen LogP contribution is 2.21. The van der Waals surface area contributed by atoms with E-state index in [9.17, 15) is 18.4 Å². The number of nitrogens with zero attached hydrogens (tertiary/aromatic N) is 2. The summed E-state index contributed by atoms with van der Waals surface area (Å²) in [5.41, 5.74) is 6.91. The van der Waals surface area contributed by atoms with Gasteiger partial charge in [0.05, 0.1) is 28.2 Å². The van der Waals surface area contributed by atoms with Crippen molar-refractivity contribution in [2.45, 2.75) is 6.54 Å². The molecule has 0 atom stereocenters. The third kappa shape index (κ3) is 6.86. The number of benzene rings is 2. The molecule has 0 saturated heterocycles. The van der Waals surface area contributed by atoms with Crippen molar-refractivity contribution in [3.63, 3.8) is 0 Å². The van der Waals surface area contributed by atoms with E-state index in [2.05, 4.69) is 25.5 Å². The van der Waals surface area contributed by atoms with E-state index < -0.39 is 23.5 Å². The van der Waals surface area contributed by atoms with E-state index in [-0.39, 0.29) is 46.9 Å². The van der Waals surface area contributed by atoms with Crippen LogP contribution in [0.15, 0.2) is 42.5 Å². The van der Waals surface area contributed by atoms with E-state index in [0.29, 0.717) is 18.7 Å². The van der Waals surface area contributed by atoms with Crippen LogP contribution >= 0.6 is 36.4 Å². The van der Waals surface area contributed by atoms with E-state index in [1.165, 1.54) is 0 Å². The molecule has 0 saturated carbocycles. The summed E-state index contributed by atoms with van der Waals surface area (Å²) >= 11 is 5.63. The van der Waals surface area contributed by atoms with Crippen molar-refractivity contribution >= 4 is 65.1 Å². The first-order valence-electron chi connectivity index (χ1n) is 8.66. The lowest BCUT2D eigenvalue weighted by molar-refractivity contribution is 0.0690. The van der Waals surface area contributed by atoms with Gasteiger partial charge in [0, 0.05) is 6.07 Å². The number of imidazole rings is 1. The molecule has 0 spiro atoms. The minimum absolute atomic E-state index is 0. The second-order valence-electron chi connectivity index (χ2n) is 6.08. The number of carboxylic acid groups (broad SMARTS) is 1. The highest BCUT2D eigenvalue weighted by molar-refractivity contribution is 6.34. The number of aromatic nitrogens is 4. The summed E-state index contributed by atoms with van der Waals surface area (Å²) in [6, 6.07) is 10.3. The number of carboxylic acids is 1. The van der Waals surface area contributed by atoms with Crippen molar-refractivity contribution in [2.75, 3.05) is 5.32 Å². The fourth-order valence-corrected chi connectivity index (χ4v) is 2.71. The second-order valence-corrected chi connectivity index (χ2v) is 6.48. The fourth-order valence-electron chi connectivity index (χ4n) is 2.48. The number of nitrogens with two attached hydrogens (primary N) is 1. The zero-order valence-corrected chi connectivity index (χ0v) is 18.8. The predicted molar refractivity (Wildman–Crippen MR) is 123 cm³/mol. The maximum absolute atomic E-state index is 13.1. The summed E-state index contributed by atoms with van der Waals surface area (Å²) in [7, 11) is 0. The van der Waals surface area contributed by atoms with Crippen LogP contribution in [0.5, 0.6) is 0 Å². The Balaban J connectivity index is 0.000000357. The number of aromatic amines is 2. The lowest BCUT2D eigenvalue weighted by Gasteiger charge is -2.04. The molecule has 2 aromatic carbocycles. The number of carbonyl (C=O) groups excluding carboxylic acids is 1. The van der Waals surface area contributed by atoms with Crippen LogP contribution in [0.2, 0.25) is 5.02 Å². The van der Waals surface area contributed by atoms with Crippen LogP contribution < -0.4 is 11.1 Å². The van der Waals surface area contributed by atoms with Gasteiger partial charge in [0.25, 0.3) is 5.91 Å². The van der Waals surface area contributed by atoms with Crippen LogP contribution in [0.4, 0.5) is 14.6 Å². The molecule has 4 rings (SSSR count). The Morgan fingerprint density at radius 2 is 1.79 bits per heavy atom. The molecule has 0 aliphatic rings. The fraction of sp³-hybridized carbons (Fsp3) is 0.0526. The van der Waals surface area contributed by atoms with Gasteiger partial charge in [-0.05, 0) is 24.3 Å². The van der Waals surface area contributed by atoms with Crippen molar-refractivity contribution in [3.8, 4) is 0 Å². The average molecular weight is 522 g/mol. The smallest absolute Gasteiger partial charge is 0.353 e. The zero-order valence-electron chi connectivity index (χ0n) is 16.4. The molecule has 2 heterocycles. The number of nitrogens with one attached hydrogen (secondary N) is 3. The van der Waals surface area contributed by atoms with E-state index in [1.54, 1.807) is 0 Å². The number of anilines is 1. The number of fused-ring (bicyclic) bond motifs is 1. The first-order valence-corrected chi connectivity index (χ1v) is 9.04. The van der Waals surface area contributed by atoms with E-state index >= 15 is 0 Å². The summed E-state index contributed by atoms with van der Waals surface area (Å²) in [6.07, 6.45) is 0. The van der Waals surface area contributed by atoms with Crippen molar-refractivity contribution in [1.29, 1.82) is 0 Å². The average Bonchev–Trinajstić information content (AvgIpc) is 3.37. The van der Waals surface area contributed by atoms with E-state index in [0.717, 1.165) is 22.9 Å². The van der Waals surface area contributed by atoms with Gasteiger partial charge >= 0.3 is 5.97 Å². The molecule has 33 heavy (non-hydrogen) atoms. The minimum atomic E-state index is -1.26. The SMILES string of the molecule is Cl.Cl.NCc1nc2ccccc2[nH]1.O=C(O)c1cc(NC(=O)c2cc(F)c(F)cc2Cl)n[nH]1. The molecule has 9 nitrogen and oxygen atoms in total. The van der Waals surface area contributed by atoms with Gasteiger partial charge in [-0.15, -0.1) is 24.8 Å². The van der Waals surface area contributed by atoms with Gasteiger partial charge in [-0.2, -0.15) is 5.10 Å². The number of hydrogen-bond donors (Lipinski definition) is 5. The molecular formula is C19H17Cl3F2N6O3. The number of rotatable bonds is 4. The second kappa shape index (κ2) is 12.1. The van der Waals surface area contributed by atoms with Gasteiger partial charge in [0.1, 0.15) is 11.5 Å². The molecule has 4 aromatic rings. The van der Waals surface area contributed by atoms with E-state index in [4.69, 9.17) is 22.4 Å².